The Labute approximate surface area is 92.7 Å². The van der Waals surface area contributed by atoms with Crippen molar-refractivity contribution in [2.45, 2.75) is 0 Å². The third-order valence-corrected chi connectivity index (χ3v) is 2.03. The first kappa shape index (κ1) is 10.7. The van der Waals surface area contributed by atoms with Gasteiger partial charge in [-0.1, -0.05) is 0 Å². The predicted molar refractivity (Wildman–Crippen MR) is 59.9 cm³/mol. The number of nitrogens with one attached hydrogen (secondary N) is 2. The molecule has 0 amide bonds. The minimum absolute atomic E-state index is 0.0567. The van der Waals surface area contributed by atoms with Crippen LogP contribution in [0.2, 0.25) is 0 Å². The molecule has 0 saturated heterocycles. The zero-order valence-corrected chi connectivity index (χ0v) is 8.43. The molecule has 0 spiro atoms. The maximum Gasteiger partial charge on any atom is 0.348 e. The molecule has 2 aromatic rings. The highest BCUT2D eigenvalue weighted by Gasteiger charge is 2.10. The Balaban J connectivity index is 2.81. The van der Waals surface area contributed by atoms with E-state index in [-0.39, 0.29) is 17.3 Å². The summed E-state index contributed by atoms with van der Waals surface area (Å²) in [6, 6.07) is 1.10. The topological polar surface area (TPSA) is 153 Å². The van der Waals surface area contributed by atoms with Crippen LogP contribution in [-0.2, 0) is 0 Å². The van der Waals surface area contributed by atoms with E-state index in [9.17, 15) is 14.4 Å². The molecule has 2 rings (SSSR count). The molecule has 0 aliphatic carbocycles. The Bertz CT molecular complexity index is 740. The summed E-state index contributed by atoms with van der Waals surface area (Å²) < 4.78 is 0.919. The van der Waals surface area contributed by atoms with Crippen LogP contribution in [0.5, 0.6) is 0 Å². The molecule has 2 heterocycles. The Morgan fingerprint density at radius 1 is 1.18 bits per heavy atom. The number of aromatic amines is 2. The smallest absolute Gasteiger partial charge is 0.348 e. The van der Waals surface area contributed by atoms with Crippen molar-refractivity contribution in [3.8, 4) is 5.82 Å². The van der Waals surface area contributed by atoms with Crippen molar-refractivity contribution in [3.05, 3.63) is 43.6 Å². The zero-order valence-electron chi connectivity index (χ0n) is 8.43. The van der Waals surface area contributed by atoms with E-state index in [1.54, 1.807) is 0 Å². The second-order valence-electron chi connectivity index (χ2n) is 3.17. The summed E-state index contributed by atoms with van der Waals surface area (Å²) in [6.45, 7) is 0. The molecular formula is C8H8N6O3. The number of nitrogens with zero attached hydrogens (tertiary/aromatic N) is 2. The minimum atomic E-state index is -0.762. The van der Waals surface area contributed by atoms with E-state index in [1.165, 1.54) is 0 Å². The van der Waals surface area contributed by atoms with Crippen LogP contribution >= 0.6 is 0 Å². The molecule has 0 unspecified atom stereocenters. The lowest BCUT2D eigenvalue weighted by Crippen LogP contribution is -2.30. The number of aromatic nitrogens is 4. The molecule has 0 atom stereocenters. The van der Waals surface area contributed by atoms with Gasteiger partial charge in [0.25, 0.3) is 5.56 Å². The Hall–Kier alpha value is -2.84. The number of hydrogen-bond donors (Lipinski definition) is 4. The van der Waals surface area contributed by atoms with Crippen molar-refractivity contribution < 1.29 is 0 Å². The summed E-state index contributed by atoms with van der Waals surface area (Å²) in [7, 11) is 0. The van der Waals surface area contributed by atoms with Gasteiger partial charge in [0.2, 0.25) is 0 Å². The predicted octanol–water partition coefficient (Wildman–Crippen LogP) is -2.23. The van der Waals surface area contributed by atoms with Crippen LogP contribution in [0.4, 0.5) is 11.5 Å². The van der Waals surface area contributed by atoms with Gasteiger partial charge in [-0.05, 0) is 0 Å². The van der Waals surface area contributed by atoms with Gasteiger partial charge in [-0.3, -0.25) is 19.3 Å². The van der Waals surface area contributed by atoms with Crippen molar-refractivity contribution in [1.29, 1.82) is 0 Å². The van der Waals surface area contributed by atoms with Gasteiger partial charge in [0, 0.05) is 12.3 Å². The first-order valence-corrected chi connectivity index (χ1v) is 4.46. The Kier molecular flexibility index (Phi) is 2.28. The van der Waals surface area contributed by atoms with Crippen molar-refractivity contribution in [2.24, 2.45) is 0 Å². The molecule has 0 aromatic carbocycles. The summed E-state index contributed by atoms with van der Waals surface area (Å²) in [5, 5.41) is 0. The van der Waals surface area contributed by atoms with Crippen molar-refractivity contribution in [2.75, 3.05) is 11.5 Å². The minimum Gasteiger partial charge on any atom is -0.393 e. The fourth-order valence-electron chi connectivity index (χ4n) is 1.25. The van der Waals surface area contributed by atoms with Crippen LogP contribution in [0.25, 0.3) is 5.82 Å². The lowest BCUT2D eigenvalue weighted by molar-refractivity contribution is 0.855. The largest absolute Gasteiger partial charge is 0.393 e. The first-order chi connectivity index (χ1) is 7.99. The third-order valence-electron chi connectivity index (χ3n) is 2.03. The summed E-state index contributed by atoms with van der Waals surface area (Å²) in [6.07, 6.45) is 1.15. The molecule has 9 heteroatoms. The van der Waals surface area contributed by atoms with Gasteiger partial charge in [0.1, 0.15) is 11.5 Å². The van der Waals surface area contributed by atoms with E-state index in [1.807, 2.05) is 4.98 Å². The van der Waals surface area contributed by atoms with Crippen LogP contribution in [0.15, 0.2) is 26.6 Å². The van der Waals surface area contributed by atoms with Gasteiger partial charge in [-0.25, -0.2) is 9.59 Å². The molecule has 88 valence electrons. The standard InChI is InChI=1S/C8H8N6O3/c9-4-5(10)12-7(16)13-6(4)14-2-1-3(15)11-8(14)17/h1-2H,9H2,(H,11,15,17)(H3,10,12,13,16). The maximum atomic E-state index is 11.5. The normalized spacial score (nSPS) is 10.4. The van der Waals surface area contributed by atoms with E-state index in [0.29, 0.717) is 0 Å². The maximum absolute atomic E-state index is 11.5. The van der Waals surface area contributed by atoms with Crippen molar-refractivity contribution in [3.63, 3.8) is 0 Å². The lowest BCUT2D eigenvalue weighted by Gasteiger charge is -2.07. The number of anilines is 2. The summed E-state index contributed by atoms with van der Waals surface area (Å²) in [5.74, 6) is -0.231. The number of nitrogen functional groups attached to an aromatic ring is 2. The second kappa shape index (κ2) is 3.63. The third kappa shape index (κ3) is 1.80. The van der Waals surface area contributed by atoms with E-state index < -0.39 is 16.9 Å². The van der Waals surface area contributed by atoms with E-state index in [4.69, 9.17) is 11.5 Å². The van der Waals surface area contributed by atoms with E-state index in [0.717, 1.165) is 16.8 Å². The SMILES string of the molecule is Nc1[nH]c(=O)nc(-n2ccc(=O)[nH]c2=O)c1N. The molecule has 6 N–H and O–H groups in total. The molecule has 0 fully saturated rings. The Morgan fingerprint density at radius 2 is 1.88 bits per heavy atom. The van der Waals surface area contributed by atoms with Crippen LogP contribution in [0, 0.1) is 0 Å². The van der Waals surface area contributed by atoms with Crippen LogP contribution < -0.4 is 28.4 Å². The van der Waals surface area contributed by atoms with E-state index >= 15 is 0 Å². The molecule has 0 bridgehead atoms. The van der Waals surface area contributed by atoms with Crippen LogP contribution in [0.3, 0.4) is 0 Å². The molecule has 0 radical (unpaired) electrons. The summed E-state index contributed by atoms with van der Waals surface area (Å²) in [5.41, 5.74) is 8.88. The summed E-state index contributed by atoms with van der Waals surface area (Å²) >= 11 is 0. The highest BCUT2D eigenvalue weighted by molar-refractivity contribution is 5.66. The van der Waals surface area contributed by atoms with Gasteiger partial charge in [-0.2, -0.15) is 4.98 Å². The molecule has 2 aromatic heterocycles. The highest BCUT2D eigenvalue weighted by Crippen LogP contribution is 2.14. The fraction of sp³-hybridized carbons (Fsp3) is 0. The van der Waals surface area contributed by atoms with Gasteiger partial charge < -0.3 is 11.5 Å². The number of H-pyrrole nitrogens is 2. The number of rotatable bonds is 1. The quantitative estimate of drug-likeness (QED) is 0.439. The van der Waals surface area contributed by atoms with Gasteiger partial charge in [0.05, 0.1) is 0 Å². The Morgan fingerprint density at radius 3 is 2.53 bits per heavy atom. The highest BCUT2D eigenvalue weighted by atomic mass is 16.2. The van der Waals surface area contributed by atoms with Gasteiger partial charge in [0.15, 0.2) is 5.82 Å². The molecule has 9 nitrogen and oxygen atoms in total. The number of nitrogens with two attached hydrogens (primary N) is 2. The molecular weight excluding hydrogens is 228 g/mol. The fourth-order valence-corrected chi connectivity index (χ4v) is 1.25. The molecule has 17 heavy (non-hydrogen) atoms. The number of hydrogen-bond acceptors (Lipinski definition) is 6. The molecule has 0 saturated carbocycles. The van der Waals surface area contributed by atoms with Gasteiger partial charge >= 0.3 is 11.4 Å². The molecule has 0 aliphatic heterocycles. The van der Waals surface area contributed by atoms with Crippen molar-refractivity contribution >= 4 is 11.5 Å². The first-order valence-electron chi connectivity index (χ1n) is 4.46. The van der Waals surface area contributed by atoms with Gasteiger partial charge in [-0.15, -0.1) is 0 Å². The summed E-state index contributed by atoms with van der Waals surface area (Å²) in [4.78, 5) is 41.2. The molecule has 0 aliphatic rings. The average Bonchev–Trinajstić information content (AvgIpc) is 2.24. The van der Waals surface area contributed by atoms with E-state index in [2.05, 4.69) is 9.97 Å². The van der Waals surface area contributed by atoms with Crippen LogP contribution in [-0.4, -0.2) is 19.5 Å². The average molecular weight is 236 g/mol. The lowest BCUT2D eigenvalue weighted by atomic mass is 10.4. The van der Waals surface area contributed by atoms with Crippen molar-refractivity contribution in [1.82, 2.24) is 19.5 Å². The second-order valence-corrected chi connectivity index (χ2v) is 3.17. The zero-order chi connectivity index (χ0) is 12.6. The van der Waals surface area contributed by atoms with Crippen LogP contribution in [0.1, 0.15) is 0 Å². The monoisotopic (exact) mass is 236 g/mol.